The molecule has 2 rings (SSSR count). The van der Waals surface area contributed by atoms with Crippen molar-refractivity contribution in [1.82, 2.24) is 9.55 Å². The van der Waals surface area contributed by atoms with Gasteiger partial charge in [-0.25, -0.2) is 9.37 Å². The Labute approximate surface area is 126 Å². The lowest BCUT2D eigenvalue weighted by Gasteiger charge is -2.15. The van der Waals surface area contributed by atoms with Gasteiger partial charge in [0.25, 0.3) is 5.56 Å². The van der Waals surface area contributed by atoms with E-state index in [1.807, 2.05) is 19.9 Å². The molecule has 0 N–H and O–H groups in total. The Bertz CT molecular complexity index is 777. The standard InChI is InChI=1S/C15H13ClFN3O/c1-9(2)15-19-13(16)6-14(21)20(15)8-11-3-10(7-18)4-12(17)5-11/h3-6,9H,8H2,1-2H3. The molecule has 0 saturated carbocycles. The molecule has 4 nitrogen and oxygen atoms in total. The van der Waals surface area contributed by atoms with Gasteiger partial charge in [0.2, 0.25) is 0 Å². The Balaban J connectivity index is 2.52. The summed E-state index contributed by atoms with van der Waals surface area (Å²) in [6.45, 7) is 3.92. The number of rotatable bonds is 3. The maximum atomic E-state index is 13.5. The monoisotopic (exact) mass is 305 g/mol. The second-order valence-corrected chi connectivity index (χ2v) is 5.36. The van der Waals surface area contributed by atoms with Crippen molar-refractivity contribution >= 4 is 11.6 Å². The summed E-state index contributed by atoms with van der Waals surface area (Å²) in [5.74, 6) is 0.000726. The predicted octanol–water partition coefficient (Wildman–Crippen LogP) is 3.08. The number of benzene rings is 1. The van der Waals surface area contributed by atoms with E-state index in [2.05, 4.69) is 4.98 Å². The van der Waals surface area contributed by atoms with Gasteiger partial charge in [0.05, 0.1) is 18.2 Å². The molecule has 0 atom stereocenters. The van der Waals surface area contributed by atoms with Crippen LogP contribution in [-0.4, -0.2) is 9.55 Å². The van der Waals surface area contributed by atoms with Crippen LogP contribution in [0.5, 0.6) is 0 Å². The molecule has 0 aliphatic rings. The average Bonchev–Trinajstić information content (AvgIpc) is 2.40. The molecule has 0 aliphatic carbocycles. The molecule has 0 radical (unpaired) electrons. The second-order valence-electron chi connectivity index (χ2n) is 4.98. The van der Waals surface area contributed by atoms with E-state index in [-0.39, 0.29) is 28.7 Å². The van der Waals surface area contributed by atoms with Crippen molar-refractivity contribution in [2.75, 3.05) is 0 Å². The summed E-state index contributed by atoms with van der Waals surface area (Å²) >= 11 is 5.81. The van der Waals surface area contributed by atoms with Gasteiger partial charge in [0, 0.05) is 12.0 Å². The van der Waals surface area contributed by atoms with Crippen LogP contribution in [0.1, 0.15) is 36.7 Å². The Kier molecular flexibility index (Phi) is 4.39. The fourth-order valence-corrected chi connectivity index (χ4v) is 2.26. The lowest BCUT2D eigenvalue weighted by atomic mass is 10.1. The summed E-state index contributed by atoms with van der Waals surface area (Å²) in [5.41, 5.74) is 0.437. The Morgan fingerprint density at radius 3 is 2.71 bits per heavy atom. The molecule has 6 heteroatoms. The normalized spacial score (nSPS) is 10.7. The van der Waals surface area contributed by atoms with Crippen LogP contribution in [0.15, 0.2) is 29.1 Å². The van der Waals surface area contributed by atoms with Crippen LogP contribution < -0.4 is 5.56 Å². The van der Waals surface area contributed by atoms with E-state index >= 15 is 0 Å². The summed E-state index contributed by atoms with van der Waals surface area (Å²) in [7, 11) is 0. The number of nitriles is 1. The number of halogens is 2. The molecule has 1 aromatic carbocycles. The van der Waals surface area contributed by atoms with E-state index in [9.17, 15) is 9.18 Å². The Hall–Kier alpha value is -2.19. The highest BCUT2D eigenvalue weighted by atomic mass is 35.5. The topological polar surface area (TPSA) is 58.7 Å². The van der Waals surface area contributed by atoms with Gasteiger partial charge in [-0.3, -0.25) is 9.36 Å². The number of hydrogen-bond acceptors (Lipinski definition) is 3. The number of nitrogens with zero attached hydrogens (tertiary/aromatic N) is 3. The zero-order valence-electron chi connectivity index (χ0n) is 11.6. The van der Waals surface area contributed by atoms with Crippen LogP contribution in [0.25, 0.3) is 0 Å². The lowest BCUT2D eigenvalue weighted by Crippen LogP contribution is -2.25. The van der Waals surface area contributed by atoms with Crippen molar-refractivity contribution < 1.29 is 4.39 Å². The average molecular weight is 306 g/mol. The van der Waals surface area contributed by atoms with E-state index in [0.717, 1.165) is 6.07 Å². The minimum absolute atomic E-state index is 0.0135. The maximum Gasteiger partial charge on any atom is 0.255 e. The second kappa shape index (κ2) is 6.06. The van der Waals surface area contributed by atoms with E-state index in [4.69, 9.17) is 16.9 Å². The van der Waals surface area contributed by atoms with Gasteiger partial charge < -0.3 is 0 Å². The molecule has 0 saturated heterocycles. The summed E-state index contributed by atoms with van der Waals surface area (Å²) in [5, 5.41) is 9.01. The highest BCUT2D eigenvalue weighted by molar-refractivity contribution is 6.29. The van der Waals surface area contributed by atoms with Gasteiger partial charge in [-0.2, -0.15) is 5.26 Å². The third-order valence-corrected chi connectivity index (χ3v) is 3.14. The van der Waals surface area contributed by atoms with E-state index in [0.29, 0.717) is 11.4 Å². The molecule has 0 fully saturated rings. The predicted molar refractivity (Wildman–Crippen MR) is 77.8 cm³/mol. The summed E-state index contributed by atoms with van der Waals surface area (Å²) < 4.78 is 14.9. The molecule has 108 valence electrons. The van der Waals surface area contributed by atoms with Crippen molar-refractivity contribution in [3.63, 3.8) is 0 Å². The molecule has 0 amide bonds. The molecular weight excluding hydrogens is 293 g/mol. The Morgan fingerprint density at radius 2 is 2.10 bits per heavy atom. The van der Waals surface area contributed by atoms with Crippen LogP contribution in [0.2, 0.25) is 5.15 Å². The smallest absolute Gasteiger partial charge is 0.255 e. The lowest BCUT2D eigenvalue weighted by molar-refractivity contribution is 0.607. The van der Waals surface area contributed by atoms with Crippen LogP contribution in [0.4, 0.5) is 4.39 Å². The van der Waals surface area contributed by atoms with Crippen molar-refractivity contribution in [3.8, 4) is 6.07 Å². The summed E-state index contributed by atoms with van der Waals surface area (Å²) in [4.78, 5) is 16.3. The van der Waals surface area contributed by atoms with Gasteiger partial charge in [-0.05, 0) is 23.8 Å². The van der Waals surface area contributed by atoms with E-state index in [1.165, 1.54) is 16.7 Å². The minimum Gasteiger partial charge on any atom is -0.292 e. The van der Waals surface area contributed by atoms with Gasteiger partial charge in [0.15, 0.2) is 0 Å². The van der Waals surface area contributed by atoms with Crippen LogP contribution in [-0.2, 0) is 6.54 Å². The van der Waals surface area contributed by atoms with Crippen LogP contribution in [0.3, 0.4) is 0 Å². The molecule has 0 aliphatic heterocycles. The first kappa shape index (κ1) is 15.2. The van der Waals surface area contributed by atoms with E-state index in [1.54, 1.807) is 6.07 Å². The fourth-order valence-electron chi connectivity index (χ4n) is 2.08. The van der Waals surface area contributed by atoms with Gasteiger partial charge in [0.1, 0.15) is 16.8 Å². The third-order valence-electron chi connectivity index (χ3n) is 2.95. The molecule has 21 heavy (non-hydrogen) atoms. The first-order valence-corrected chi connectivity index (χ1v) is 6.75. The molecular formula is C15H13ClFN3O. The van der Waals surface area contributed by atoms with E-state index < -0.39 is 5.82 Å². The quantitative estimate of drug-likeness (QED) is 0.819. The van der Waals surface area contributed by atoms with Crippen molar-refractivity contribution in [2.45, 2.75) is 26.3 Å². The zero-order valence-corrected chi connectivity index (χ0v) is 12.4. The highest BCUT2D eigenvalue weighted by Crippen LogP contribution is 2.15. The van der Waals surface area contributed by atoms with Crippen molar-refractivity contribution in [3.05, 3.63) is 62.5 Å². The summed E-state index contributed by atoms with van der Waals surface area (Å²) in [6.07, 6.45) is 0. The third kappa shape index (κ3) is 3.47. The molecule has 1 aromatic heterocycles. The first-order chi connectivity index (χ1) is 9.90. The van der Waals surface area contributed by atoms with Crippen molar-refractivity contribution in [2.24, 2.45) is 0 Å². The fraction of sp³-hybridized carbons (Fsp3) is 0.267. The van der Waals surface area contributed by atoms with Crippen molar-refractivity contribution in [1.29, 1.82) is 5.26 Å². The van der Waals surface area contributed by atoms with Crippen LogP contribution in [0, 0.1) is 17.1 Å². The number of aromatic nitrogens is 2. The maximum absolute atomic E-state index is 13.5. The molecule has 1 heterocycles. The zero-order chi connectivity index (χ0) is 15.6. The SMILES string of the molecule is CC(C)c1nc(Cl)cc(=O)n1Cc1cc(F)cc(C#N)c1. The first-order valence-electron chi connectivity index (χ1n) is 6.37. The largest absolute Gasteiger partial charge is 0.292 e. The molecule has 2 aromatic rings. The minimum atomic E-state index is -0.509. The van der Waals surface area contributed by atoms with Crippen LogP contribution >= 0.6 is 11.6 Å². The highest BCUT2D eigenvalue weighted by Gasteiger charge is 2.12. The molecule has 0 bridgehead atoms. The molecule has 0 unspecified atom stereocenters. The summed E-state index contributed by atoms with van der Waals surface area (Å²) in [6, 6.07) is 7.11. The number of hydrogen-bond donors (Lipinski definition) is 0. The van der Waals surface area contributed by atoms with Gasteiger partial charge in [-0.1, -0.05) is 25.4 Å². The Morgan fingerprint density at radius 1 is 1.38 bits per heavy atom. The van der Waals surface area contributed by atoms with Gasteiger partial charge >= 0.3 is 0 Å². The van der Waals surface area contributed by atoms with Gasteiger partial charge in [-0.15, -0.1) is 0 Å². The molecule has 0 spiro atoms.